The standard InChI is InChI=1S/C13H17N3O2S/c14-11-12-3-5-13(6-4-12)19(17,18)15-7-10-16-8-1-2-9-16/h3-6,15H,1-2,7-10H2. The van der Waals surface area contributed by atoms with Crippen LogP contribution in [0.1, 0.15) is 18.4 Å². The lowest BCUT2D eigenvalue weighted by Gasteiger charge is -2.14. The zero-order valence-electron chi connectivity index (χ0n) is 10.7. The Bertz CT molecular complexity index is 555. The quantitative estimate of drug-likeness (QED) is 0.870. The molecule has 1 N–H and O–H groups in total. The SMILES string of the molecule is N#Cc1ccc(S(=O)(=O)NCCN2CCCC2)cc1. The van der Waals surface area contributed by atoms with E-state index >= 15 is 0 Å². The molecule has 1 saturated heterocycles. The van der Waals surface area contributed by atoms with E-state index in [1.165, 1.54) is 37.1 Å². The normalized spacial score (nSPS) is 16.4. The molecule has 102 valence electrons. The molecule has 0 amide bonds. The van der Waals surface area contributed by atoms with Crippen LogP contribution in [0.2, 0.25) is 0 Å². The number of nitriles is 1. The van der Waals surface area contributed by atoms with Crippen molar-refractivity contribution in [3.05, 3.63) is 29.8 Å². The van der Waals surface area contributed by atoms with Gasteiger partial charge in [-0.25, -0.2) is 13.1 Å². The van der Waals surface area contributed by atoms with Crippen molar-refractivity contribution in [2.45, 2.75) is 17.7 Å². The molecule has 1 heterocycles. The third kappa shape index (κ3) is 3.77. The molecule has 1 aromatic carbocycles. The van der Waals surface area contributed by atoms with E-state index < -0.39 is 10.0 Å². The number of hydrogen-bond acceptors (Lipinski definition) is 4. The van der Waals surface area contributed by atoms with Gasteiger partial charge < -0.3 is 4.90 Å². The van der Waals surface area contributed by atoms with Crippen LogP contribution in [0.25, 0.3) is 0 Å². The van der Waals surface area contributed by atoms with Crippen LogP contribution in [0.15, 0.2) is 29.2 Å². The lowest BCUT2D eigenvalue weighted by atomic mass is 10.2. The topological polar surface area (TPSA) is 73.2 Å². The van der Waals surface area contributed by atoms with Gasteiger partial charge in [0.1, 0.15) is 0 Å². The predicted octanol–water partition coefficient (Wildman–Crippen LogP) is 0.932. The molecule has 1 aliphatic heterocycles. The summed E-state index contributed by atoms with van der Waals surface area (Å²) in [5, 5.41) is 8.67. The van der Waals surface area contributed by atoms with Crippen LogP contribution >= 0.6 is 0 Å². The van der Waals surface area contributed by atoms with Gasteiger partial charge in [0.15, 0.2) is 0 Å². The average molecular weight is 279 g/mol. The van der Waals surface area contributed by atoms with E-state index in [1.807, 2.05) is 6.07 Å². The first-order valence-electron chi connectivity index (χ1n) is 6.34. The summed E-state index contributed by atoms with van der Waals surface area (Å²) in [4.78, 5) is 2.45. The largest absolute Gasteiger partial charge is 0.302 e. The second kappa shape index (κ2) is 6.15. The maximum absolute atomic E-state index is 12.0. The van der Waals surface area contributed by atoms with Gasteiger partial charge in [-0.3, -0.25) is 0 Å². The van der Waals surface area contributed by atoms with E-state index in [0.717, 1.165) is 19.6 Å². The first-order valence-corrected chi connectivity index (χ1v) is 7.82. The molecule has 0 aromatic heterocycles. The molecule has 0 saturated carbocycles. The zero-order chi connectivity index (χ0) is 13.7. The average Bonchev–Trinajstić information content (AvgIpc) is 2.92. The van der Waals surface area contributed by atoms with Crippen LogP contribution < -0.4 is 4.72 Å². The summed E-state index contributed by atoms with van der Waals surface area (Å²) in [7, 11) is -3.46. The van der Waals surface area contributed by atoms with E-state index in [-0.39, 0.29) is 4.90 Å². The Morgan fingerprint density at radius 2 is 1.84 bits per heavy atom. The fraction of sp³-hybridized carbons (Fsp3) is 0.462. The van der Waals surface area contributed by atoms with Crippen molar-refractivity contribution in [2.75, 3.05) is 26.2 Å². The van der Waals surface area contributed by atoms with Crippen LogP contribution in [0.5, 0.6) is 0 Å². The molecule has 2 rings (SSSR count). The number of hydrogen-bond donors (Lipinski definition) is 1. The number of likely N-dealkylation sites (tertiary alicyclic amines) is 1. The maximum Gasteiger partial charge on any atom is 0.240 e. The summed E-state index contributed by atoms with van der Waals surface area (Å²) < 4.78 is 26.6. The predicted molar refractivity (Wildman–Crippen MR) is 72.0 cm³/mol. The summed E-state index contributed by atoms with van der Waals surface area (Å²) in [5.41, 5.74) is 0.455. The number of nitrogens with one attached hydrogen (secondary N) is 1. The van der Waals surface area contributed by atoms with E-state index in [1.54, 1.807) is 0 Å². The molecule has 6 heteroatoms. The minimum absolute atomic E-state index is 0.202. The summed E-state index contributed by atoms with van der Waals surface area (Å²) >= 11 is 0. The number of nitrogens with zero attached hydrogens (tertiary/aromatic N) is 2. The fourth-order valence-corrected chi connectivity index (χ4v) is 3.16. The Labute approximate surface area is 113 Å². The van der Waals surface area contributed by atoms with Gasteiger partial charge in [0, 0.05) is 13.1 Å². The number of benzene rings is 1. The van der Waals surface area contributed by atoms with Crippen LogP contribution in [-0.4, -0.2) is 39.5 Å². The number of sulfonamides is 1. The minimum atomic E-state index is -3.46. The molecule has 0 aliphatic carbocycles. The van der Waals surface area contributed by atoms with Crippen molar-refractivity contribution in [1.29, 1.82) is 5.26 Å². The molecule has 19 heavy (non-hydrogen) atoms. The van der Waals surface area contributed by atoms with Crippen molar-refractivity contribution >= 4 is 10.0 Å². The molecular weight excluding hydrogens is 262 g/mol. The van der Waals surface area contributed by atoms with Crippen molar-refractivity contribution in [3.8, 4) is 6.07 Å². The Morgan fingerprint density at radius 3 is 2.42 bits per heavy atom. The zero-order valence-corrected chi connectivity index (χ0v) is 11.5. The van der Waals surface area contributed by atoms with Gasteiger partial charge >= 0.3 is 0 Å². The Kier molecular flexibility index (Phi) is 4.53. The third-order valence-corrected chi connectivity index (χ3v) is 4.69. The highest BCUT2D eigenvalue weighted by Gasteiger charge is 2.15. The monoisotopic (exact) mass is 279 g/mol. The molecule has 0 atom stereocenters. The van der Waals surface area contributed by atoms with Gasteiger partial charge in [0.25, 0.3) is 0 Å². The lowest BCUT2D eigenvalue weighted by Crippen LogP contribution is -2.33. The fourth-order valence-electron chi connectivity index (χ4n) is 2.14. The first-order chi connectivity index (χ1) is 9.12. The molecular formula is C13H17N3O2S. The van der Waals surface area contributed by atoms with Gasteiger partial charge in [0.2, 0.25) is 10.0 Å². The first kappa shape index (κ1) is 14.0. The van der Waals surface area contributed by atoms with Crippen molar-refractivity contribution in [3.63, 3.8) is 0 Å². The van der Waals surface area contributed by atoms with Crippen molar-refractivity contribution < 1.29 is 8.42 Å². The smallest absolute Gasteiger partial charge is 0.240 e. The second-order valence-corrected chi connectivity index (χ2v) is 6.35. The summed E-state index contributed by atoms with van der Waals surface area (Å²) in [6.07, 6.45) is 2.39. The highest BCUT2D eigenvalue weighted by Crippen LogP contribution is 2.10. The van der Waals surface area contributed by atoms with Crippen molar-refractivity contribution in [1.82, 2.24) is 9.62 Å². The molecule has 1 aliphatic rings. The second-order valence-electron chi connectivity index (χ2n) is 4.58. The Morgan fingerprint density at radius 1 is 1.21 bits per heavy atom. The Hall–Kier alpha value is -1.42. The van der Waals surface area contributed by atoms with E-state index in [2.05, 4.69) is 9.62 Å². The van der Waals surface area contributed by atoms with Gasteiger partial charge in [-0.15, -0.1) is 0 Å². The molecule has 0 unspecified atom stereocenters. The van der Waals surface area contributed by atoms with Crippen LogP contribution in [0, 0.1) is 11.3 Å². The molecule has 0 radical (unpaired) electrons. The van der Waals surface area contributed by atoms with Gasteiger partial charge in [-0.2, -0.15) is 5.26 Å². The molecule has 1 aromatic rings. The summed E-state index contributed by atoms with van der Waals surface area (Å²) in [5.74, 6) is 0. The van der Waals surface area contributed by atoms with Gasteiger partial charge in [-0.1, -0.05) is 0 Å². The maximum atomic E-state index is 12.0. The highest BCUT2D eigenvalue weighted by molar-refractivity contribution is 7.89. The summed E-state index contributed by atoms with van der Waals surface area (Å²) in [6, 6.07) is 7.89. The molecule has 5 nitrogen and oxygen atoms in total. The Balaban J connectivity index is 1.91. The number of rotatable bonds is 5. The van der Waals surface area contributed by atoms with Gasteiger partial charge in [0.05, 0.1) is 16.5 Å². The van der Waals surface area contributed by atoms with E-state index in [0.29, 0.717) is 12.1 Å². The van der Waals surface area contributed by atoms with E-state index in [4.69, 9.17) is 5.26 Å². The van der Waals surface area contributed by atoms with Crippen LogP contribution in [-0.2, 0) is 10.0 Å². The van der Waals surface area contributed by atoms with Crippen LogP contribution in [0.3, 0.4) is 0 Å². The highest BCUT2D eigenvalue weighted by atomic mass is 32.2. The van der Waals surface area contributed by atoms with Gasteiger partial charge in [-0.05, 0) is 50.2 Å². The lowest BCUT2D eigenvalue weighted by molar-refractivity contribution is 0.344. The minimum Gasteiger partial charge on any atom is -0.302 e. The molecule has 0 spiro atoms. The molecule has 1 fully saturated rings. The van der Waals surface area contributed by atoms with Crippen molar-refractivity contribution in [2.24, 2.45) is 0 Å². The summed E-state index contributed by atoms with van der Waals surface area (Å²) in [6.45, 7) is 3.27. The third-order valence-electron chi connectivity index (χ3n) is 3.21. The van der Waals surface area contributed by atoms with E-state index in [9.17, 15) is 8.42 Å². The van der Waals surface area contributed by atoms with Crippen LogP contribution in [0.4, 0.5) is 0 Å². The molecule has 0 bridgehead atoms.